The molecule has 3 aromatic rings. The van der Waals surface area contributed by atoms with Crippen molar-refractivity contribution in [3.05, 3.63) is 65.0 Å². The zero-order valence-corrected chi connectivity index (χ0v) is 16.6. The first kappa shape index (κ1) is 19.8. The molecule has 1 amide bonds. The fourth-order valence-corrected chi connectivity index (χ4v) is 3.65. The van der Waals surface area contributed by atoms with Crippen molar-refractivity contribution >= 4 is 28.7 Å². The van der Waals surface area contributed by atoms with Crippen LogP contribution in [0.2, 0.25) is 0 Å². The van der Waals surface area contributed by atoms with Gasteiger partial charge >= 0.3 is 0 Å². The van der Waals surface area contributed by atoms with E-state index in [0.29, 0.717) is 24.1 Å². The average molecular weight is 404 g/mol. The van der Waals surface area contributed by atoms with Crippen molar-refractivity contribution in [1.82, 2.24) is 15.4 Å². The first-order valence-electron chi connectivity index (χ1n) is 10.1. The van der Waals surface area contributed by atoms with Gasteiger partial charge in [0.05, 0.1) is 11.3 Å². The van der Waals surface area contributed by atoms with Crippen molar-refractivity contribution in [2.75, 3.05) is 6.61 Å². The lowest BCUT2D eigenvalue weighted by molar-refractivity contribution is -0.116. The lowest BCUT2D eigenvalue weighted by atomic mass is 9.98. The van der Waals surface area contributed by atoms with Crippen molar-refractivity contribution in [2.24, 2.45) is 5.10 Å². The molecular formula is C23H24N4O3. The number of pyridine rings is 1. The second-order valence-corrected chi connectivity index (χ2v) is 7.32. The van der Waals surface area contributed by atoms with E-state index in [0.717, 1.165) is 47.1 Å². The molecule has 0 aliphatic carbocycles. The van der Waals surface area contributed by atoms with Crippen molar-refractivity contribution in [3.63, 3.8) is 0 Å². The monoisotopic (exact) mass is 404 g/mol. The highest BCUT2D eigenvalue weighted by molar-refractivity contribution is 6.28. The van der Waals surface area contributed by atoms with Crippen molar-refractivity contribution < 1.29 is 15.0 Å². The van der Waals surface area contributed by atoms with Crippen LogP contribution in [0.25, 0.3) is 17.1 Å². The Morgan fingerprint density at radius 1 is 1.03 bits per heavy atom. The number of aliphatic hydroxyl groups is 1. The number of H-pyrrole nitrogens is 1. The molecule has 0 saturated heterocycles. The number of carbonyl (C=O) groups is 1. The Hall–Kier alpha value is -3.45. The van der Waals surface area contributed by atoms with E-state index in [9.17, 15) is 9.90 Å². The molecule has 0 radical (unpaired) electrons. The number of hydrogen-bond donors (Lipinski definition) is 4. The van der Waals surface area contributed by atoms with Crippen molar-refractivity contribution in [1.29, 1.82) is 0 Å². The first-order valence-corrected chi connectivity index (χ1v) is 10.1. The van der Waals surface area contributed by atoms with E-state index in [1.807, 2.05) is 30.3 Å². The van der Waals surface area contributed by atoms with Crippen LogP contribution in [0.1, 0.15) is 36.1 Å². The van der Waals surface area contributed by atoms with Crippen molar-refractivity contribution in [3.8, 4) is 5.75 Å². The van der Waals surface area contributed by atoms with E-state index in [1.54, 1.807) is 18.3 Å². The summed E-state index contributed by atoms with van der Waals surface area (Å²) in [6.45, 7) is 0.158. The molecule has 7 nitrogen and oxygen atoms in total. The van der Waals surface area contributed by atoms with Gasteiger partial charge in [0.1, 0.15) is 11.4 Å². The van der Waals surface area contributed by atoms with Gasteiger partial charge in [-0.2, -0.15) is 5.10 Å². The largest absolute Gasteiger partial charge is 0.508 e. The molecule has 7 heteroatoms. The number of aromatic amines is 1. The van der Waals surface area contributed by atoms with Gasteiger partial charge in [-0.1, -0.05) is 12.1 Å². The molecule has 2 aromatic heterocycles. The molecule has 30 heavy (non-hydrogen) atoms. The van der Waals surface area contributed by atoms with Crippen LogP contribution in [0, 0.1) is 0 Å². The molecule has 0 atom stereocenters. The third-order valence-corrected chi connectivity index (χ3v) is 5.25. The SMILES string of the molecule is O=C1NN=C(CCc2ccc(O)cc2)C1=Cc1c(CCCCO)[nH]c2ncccc12. The number of unbranched alkanes of at least 4 members (excludes halogenated alkanes) is 1. The molecule has 0 bridgehead atoms. The summed E-state index contributed by atoms with van der Waals surface area (Å²) in [7, 11) is 0. The molecule has 0 fully saturated rings. The molecule has 1 aliphatic rings. The Bertz CT molecular complexity index is 1110. The maximum atomic E-state index is 12.5. The zero-order chi connectivity index (χ0) is 20.9. The molecule has 3 heterocycles. The minimum Gasteiger partial charge on any atom is -0.508 e. The standard InChI is InChI=1S/C23H24N4O3/c28-13-2-1-5-20-18(17-4-3-12-24-22(17)25-20)14-19-21(26-27-23(19)30)11-8-15-6-9-16(29)10-7-15/h3-4,6-7,9-10,12,14,28-29H,1-2,5,8,11,13H2,(H,24,25)(H,27,30). The van der Waals surface area contributed by atoms with Gasteiger partial charge in [-0.05, 0) is 68.0 Å². The van der Waals surface area contributed by atoms with Gasteiger partial charge in [0, 0.05) is 29.4 Å². The predicted octanol–water partition coefficient (Wildman–Crippen LogP) is 3.09. The maximum absolute atomic E-state index is 12.5. The number of nitrogens with zero attached hydrogens (tertiary/aromatic N) is 2. The molecular weight excluding hydrogens is 380 g/mol. The summed E-state index contributed by atoms with van der Waals surface area (Å²) in [5, 5.41) is 23.7. The fraction of sp³-hybridized carbons (Fsp3) is 0.261. The number of phenolic OH excluding ortho intramolecular Hbond substituents is 1. The van der Waals surface area contributed by atoms with Crippen LogP contribution >= 0.6 is 0 Å². The number of amides is 1. The number of rotatable bonds is 8. The number of aryl methyl sites for hydroxylation is 2. The van der Waals surface area contributed by atoms with Gasteiger partial charge in [-0.15, -0.1) is 0 Å². The summed E-state index contributed by atoms with van der Waals surface area (Å²) in [5.74, 6) is 0.0197. The van der Waals surface area contributed by atoms with Crippen LogP contribution in [0.3, 0.4) is 0 Å². The molecule has 0 unspecified atom stereocenters. The van der Waals surface area contributed by atoms with Crippen LogP contribution in [-0.2, 0) is 17.6 Å². The Kier molecular flexibility index (Phi) is 5.90. The normalized spacial score (nSPS) is 15.0. The molecule has 4 rings (SSSR count). The quantitative estimate of drug-likeness (QED) is 0.341. The zero-order valence-electron chi connectivity index (χ0n) is 16.6. The summed E-state index contributed by atoms with van der Waals surface area (Å²) in [6.07, 6.45) is 7.27. The molecule has 1 aliphatic heterocycles. The Morgan fingerprint density at radius 3 is 2.67 bits per heavy atom. The number of nitrogens with one attached hydrogen (secondary N) is 2. The lowest BCUT2D eigenvalue weighted by Crippen LogP contribution is -2.13. The Balaban J connectivity index is 1.62. The van der Waals surface area contributed by atoms with Gasteiger partial charge < -0.3 is 15.2 Å². The van der Waals surface area contributed by atoms with Gasteiger partial charge in [0.2, 0.25) is 0 Å². The summed E-state index contributed by atoms with van der Waals surface area (Å²) in [6, 6.07) is 10.9. The minimum absolute atomic E-state index is 0.158. The summed E-state index contributed by atoms with van der Waals surface area (Å²) < 4.78 is 0. The number of aromatic nitrogens is 2. The van der Waals surface area contributed by atoms with E-state index >= 15 is 0 Å². The molecule has 154 valence electrons. The van der Waals surface area contributed by atoms with Gasteiger partial charge in [-0.25, -0.2) is 10.4 Å². The van der Waals surface area contributed by atoms with E-state index in [4.69, 9.17) is 5.11 Å². The lowest BCUT2D eigenvalue weighted by Gasteiger charge is -2.05. The Labute approximate surface area is 174 Å². The van der Waals surface area contributed by atoms with Crippen LogP contribution in [0.5, 0.6) is 5.75 Å². The number of phenols is 1. The highest BCUT2D eigenvalue weighted by atomic mass is 16.3. The molecule has 1 aromatic carbocycles. The van der Waals surface area contributed by atoms with E-state index in [-0.39, 0.29) is 18.3 Å². The second kappa shape index (κ2) is 8.92. The number of hydrogen-bond acceptors (Lipinski definition) is 5. The van der Waals surface area contributed by atoms with Crippen LogP contribution in [0.15, 0.2) is 53.3 Å². The highest BCUT2D eigenvalue weighted by Crippen LogP contribution is 2.27. The van der Waals surface area contributed by atoms with Gasteiger partial charge in [0.25, 0.3) is 5.91 Å². The molecule has 0 spiro atoms. The average Bonchev–Trinajstić information content (AvgIpc) is 3.29. The van der Waals surface area contributed by atoms with Crippen LogP contribution in [0.4, 0.5) is 0 Å². The predicted molar refractivity (Wildman–Crippen MR) is 116 cm³/mol. The van der Waals surface area contributed by atoms with E-state index in [2.05, 4.69) is 20.5 Å². The van der Waals surface area contributed by atoms with Crippen LogP contribution in [-0.4, -0.2) is 38.4 Å². The third kappa shape index (κ3) is 4.26. The summed E-state index contributed by atoms with van der Waals surface area (Å²) in [5.41, 5.74) is 7.65. The van der Waals surface area contributed by atoms with Gasteiger partial charge in [-0.3, -0.25) is 4.79 Å². The van der Waals surface area contributed by atoms with Gasteiger partial charge in [0.15, 0.2) is 0 Å². The van der Waals surface area contributed by atoms with Crippen LogP contribution < -0.4 is 5.43 Å². The van der Waals surface area contributed by atoms with Crippen molar-refractivity contribution in [2.45, 2.75) is 32.1 Å². The number of hydrazone groups is 1. The first-order chi connectivity index (χ1) is 14.7. The van der Waals surface area contributed by atoms with E-state index < -0.39 is 0 Å². The number of aliphatic hydroxyl groups excluding tert-OH is 1. The van der Waals surface area contributed by atoms with E-state index in [1.165, 1.54) is 0 Å². The maximum Gasteiger partial charge on any atom is 0.273 e. The smallest absolute Gasteiger partial charge is 0.273 e. The minimum atomic E-state index is -0.213. The number of fused-ring (bicyclic) bond motifs is 1. The fourth-order valence-electron chi connectivity index (χ4n) is 3.65. The third-order valence-electron chi connectivity index (χ3n) is 5.25. The summed E-state index contributed by atoms with van der Waals surface area (Å²) >= 11 is 0. The number of aromatic hydroxyl groups is 1. The molecule has 0 saturated carbocycles. The second-order valence-electron chi connectivity index (χ2n) is 7.32. The number of carbonyl (C=O) groups excluding carboxylic acids is 1. The topological polar surface area (TPSA) is 111 Å². The number of benzene rings is 1. The Morgan fingerprint density at radius 2 is 1.87 bits per heavy atom. The molecule has 4 N–H and O–H groups in total. The highest BCUT2D eigenvalue weighted by Gasteiger charge is 2.23. The summed E-state index contributed by atoms with van der Waals surface area (Å²) in [4.78, 5) is 20.2.